The van der Waals surface area contributed by atoms with Crippen LogP contribution in [0.25, 0.3) is 0 Å². The number of nitrogens with zero attached hydrogens (tertiary/aromatic N) is 2. The van der Waals surface area contributed by atoms with Gasteiger partial charge in [-0.15, -0.1) is 0 Å². The molecular formula is C13H22ClN3O2. The number of hydrogen-bond donors (Lipinski definition) is 1. The molecule has 0 atom stereocenters. The Hall–Kier alpha value is -1.07. The maximum Gasteiger partial charge on any atom is 0.287 e. The molecule has 0 saturated heterocycles. The maximum atomic E-state index is 11.9. The first-order chi connectivity index (χ1) is 8.85. The van der Waals surface area contributed by atoms with E-state index < -0.39 is 0 Å². The molecule has 0 aliphatic carbocycles. The first-order valence-electron chi connectivity index (χ1n) is 6.33. The second-order valence-corrected chi connectivity index (χ2v) is 6.01. The topological polar surface area (TPSA) is 56.1 Å². The first-order valence-corrected chi connectivity index (χ1v) is 6.71. The van der Waals surface area contributed by atoms with Gasteiger partial charge in [-0.3, -0.25) is 4.79 Å². The summed E-state index contributed by atoms with van der Waals surface area (Å²) in [6, 6.07) is 0. The number of nitrogens with one attached hydrogen (secondary N) is 1. The van der Waals surface area contributed by atoms with Crippen molar-refractivity contribution in [3.8, 4) is 0 Å². The van der Waals surface area contributed by atoms with Crippen molar-refractivity contribution in [2.75, 3.05) is 25.6 Å². The highest BCUT2D eigenvalue weighted by Crippen LogP contribution is 2.20. The van der Waals surface area contributed by atoms with Crippen molar-refractivity contribution in [1.29, 1.82) is 0 Å². The third kappa shape index (κ3) is 5.20. The normalized spacial score (nSPS) is 11.6. The van der Waals surface area contributed by atoms with Gasteiger partial charge in [0.25, 0.3) is 5.56 Å². The zero-order chi connectivity index (χ0) is 14.5. The lowest BCUT2D eigenvalue weighted by Gasteiger charge is -2.18. The molecule has 5 nitrogen and oxygen atoms in total. The summed E-state index contributed by atoms with van der Waals surface area (Å²) in [5.41, 5.74) is 0.532. The minimum absolute atomic E-state index is 0.181. The molecule has 0 saturated carbocycles. The van der Waals surface area contributed by atoms with Gasteiger partial charge in [0, 0.05) is 13.7 Å². The largest absolute Gasteiger partial charge is 0.383 e. The van der Waals surface area contributed by atoms with Gasteiger partial charge in [0.05, 0.1) is 25.0 Å². The van der Waals surface area contributed by atoms with Gasteiger partial charge in [-0.2, -0.15) is 5.10 Å². The van der Waals surface area contributed by atoms with Crippen LogP contribution in [0, 0.1) is 5.41 Å². The van der Waals surface area contributed by atoms with Gasteiger partial charge in [0.1, 0.15) is 5.02 Å². The fraction of sp³-hybridized carbons (Fsp3) is 0.692. The fourth-order valence-corrected chi connectivity index (χ4v) is 1.71. The number of halogens is 1. The molecule has 0 bridgehead atoms. The highest BCUT2D eigenvalue weighted by Gasteiger charge is 2.12. The average molecular weight is 288 g/mol. The van der Waals surface area contributed by atoms with Crippen LogP contribution < -0.4 is 10.9 Å². The monoisotopic (exact) mass is 287 g/mol. The highest BCUT2D eigenvalue weighted by molar-refractivity contribution is 6.32. The van der Waals surface area contributed by atoms with Crippen molar-refractivity contribution in [2.45, 2.75) is 33.7 Å². The molecule has 1 N–H and O–H groups in total. The summed E-state index contributed by atoms with van der Waals surface area (Å²) in [6.07, 6.45) is 2.57. The van der Waals surface area contributed by atoms with Crippen LogP contribution in [-0.4, -0.2) is 30.0 Å². The molecule has 0 aliphatic rings. The molecule has 19 heavy (non-hydrogen) atoms. The molecule has 0 radical (unpaired) electrons. The van der Waals surface area contributed by atoms with Crippen LogP contribution in [0.1, 0.15) is 27.2 Å². The SMILES string of the molecule is COCCn1ncc(NCCC(C)(C)C)c(Cl)c1=O. The number of ether oxygens (including phenoxy) is 1. The number of hydrogen-bond acceptors (Lipinski definition) is 4. The molecule has 1 heterocycles. The lowest BCUT2D eigenvalue weighted by Crippen LogP contribution is -2.26. The summed E-state index contributed by atoms with van der Waals surface area (Å²) in [5.74, 6) is 0. The second-order valence-electron chi connectivity index (χ2n) is 5.63. The van der Waals surface area contributed by atoms with Crippen LogP contribution in [0.2, 0.25) is 5.02 Å². The predicted molar refractivity (Wildman–Crippen MR) is 77.9 cm³/mol. The molecule has 0 fully saturated rings. The van der Waals surface area contributed by atoms with E-state index in [1.807, 2.05) is 0 Å². The molecule has 0 unspecified atom stereocenters. The van der Waals surface area contributed by atoms with Crippen LogP contribution in [0.3, 0.4) is 0 Å². The van der Waals surface area contributed by atoms with E-state index in [9.17, 15) is 4.79 Å². The minimum atomic E-state index is -0.292. The lowest BCUT2D eigenvalue weighted by atomic mass is 9.92. The van der Waals surface area contributed by atoms with E-state index in [-0.39, 0.29) is 16.0 Å². The van der Waals surface area contributed by atoms with Crippen molar-refractivity contribution < 1.29 is 4.74 Å². The molecule has 1 aromatic rings. The summed E-state index contributed by atoms with van der Waals surface area (Å²) in [4.78, 5) is 11.9. The summed E-state index contributed by atoms with van der Waals surface area (Å²) in [6.45, 7) is 8.08. The summed E-state index contributed by atoms with van der Waals surface area (Å²) < 4.78 is 6.22. The van der Waals surface area contributed by atoms with E-state index in [1.54, 1.807) is 13.3 Å². The maximum absolute atomic E-state index is 11.9. The van der Waals surface area contributed by atoms with Crippen molar-refractivity contribution >= 4 is 17.3 Å². The van der Waals surface area contributed by atoms with Crippen LogP contribution >= 0.6 is 11.6 Å². The Bertz CT molecular complexity index is 466. The average Bonchev–Trinajstić information content (AvgIpc) is 2.32. The van der Waals surface area contributed by atoms with Gasteiger partial charge >= 0.3 is 0 Å². The quantitative estimate of drug-likeness (QED) is 0.873. The Morgan fingerprint density at radius 2 is 2.16 bits per heavy atom. The molecular weight excluding hydrogens is 266 g/mol. The zero-order valence-corrected chi connectivity index (χ0v) is 12.8. The minimum Gasteiger partial charge on any atom is -0.383 e. The Labute approximate surface area is 118 Å². The molecule has 0 spiro atoms. The van der Waals surface area contributed by atoms with Crippen molar-refractivity contribution in [2.24, 2.45) is 5.41 Å². The number of aromatic nitrogens is 2. The molecule has 108 valence electrons. The Balaban J connectivity index is 2.71. The predicted octanol–water partition coefficient (Wildman–Crippen LogP) is 2.39. The van der Waals surface area contributed by atoms with Crippen molar-refractivity contribution in [3.05, 3.63) is 21.6 Å². The summed E-state index contributed by atoms with van der Waals surface area (Å²) >= 11 is 6.05. The Morgan fingerprint density at radius 3 is 2.74 bits per heavy atom. The molecule has 0 amide bonds. The van der Waals surface area contributed by atoms with Gasteiger partial charge in [-0.05, 0) is 11.8 Å². The third-order valence-corrected chi connectivity index (χ3v) is 3.05. The summed E-state index contributed by atoms with van der Waals surface area (Å²) in [5, 5.41) is 7.40. The highest BCUT2D eigenvalue weighted by atomic mass is 35.5. The van der Waals surface area contributed by atoms with Crippen molar-refractivity contribution in [1.82, 2.24) is 9.78 Å². The third-order valence-electron chi connectivity index (χ3n) is 2.68. The molecule has 1 rings (SSSR count). The zero-order valence-electron chi connectivity index (χ0n) is 12.0. The van der Waals surface area contributed by atoms with E-state index in [1.165, 1.54) is 4.68 Å². The van der Waals surface area contributed by atoms with Crippen LogP contribution in [-0.2, 0) is 11.3 Å². The van der Waals surface area contributed by atoms with E-state index >= 15 is 0 Å². The van der Waals surface area contributed by atoms with E-state index in [2.05, 4.69) is 31.2 Å². The molecule has 1 aromatic heterocycles. The lowest BCUT2D eigenvalue weighted by molar-refractivity contribution is 0.182. The Kier molecular flexibility index (Phi) is 5.82. The van der Waals surface area contributed by atoms with Crippen LogP contribution in [0.4, 0.5) is 5.69 Å². The molecule has 0 aliphatic heterocycles. The second kappa shape index (κ2) is 6.91. The van der Waals surface area contributed by atoms with Crippen LogP contribution in [0.5, 0.6) is 0 Å². The fourth-order valence-electron chi connectivity index (χ4n) is 1.50. The summed E-state index contributed by atoms with van der Waals surface area (Å²) in [7, 11) is 1.58. The standard InChI is InChI=1S/C13H22ClN3O2/c1-13(2,3)5-6-15-10-9-16-17(7-8-19-4)12(18)11(10)14/h9,15H,5-8H2,1-4H3. The van der Waals surface area contributed by atoms with Crippen LogP contribution in [0.15, 0.2) is 11.0 Å². The van der Waals surface area contributed by atoms with E-state index in [0.717, 1.165) is 13.0 Å². The van der Waals surface area contributed by atoms with E-state index in [0.29, 0.717) is 18.8 Å². The molecule has 0 aromatic carbocycles. The van der Waals surface area contributed by atoms with Gasteiger partial charge < -0.3 is 10.1 Å². The first kappa shape index (κ1) is 16.0. The van der Waals surface area contributed by atoms with Gasteiger partial charge in [0.15, 0.2) is 0 Å². The van der Waals surface area contributed by atoms with Gasteiger partial charge in [-0.1, -0.05) is 32.4 Å². The van der Waals surface area contributed by atoms with E-state index in [4.69, 9.17) is 16.3 Å². The Morgan fingerprint density at radius 1 is 1.47 bits per heavy atom. The smallest absolute Gasteiger partial charge is 0.287 e. The number of methoxy groups -OCH3 is 1. The van der Waals surface area contributed by atoms with Gasteiger partial charge in [0.2, 0.25) is 0 Å². The number of rotatable bonds is 6. The molecule has 6 heteroatoms. The van der Waals surface area contributed by atoms with Crippen molar-refractivity contribution in [3.63, 3.8) is 0 Å². The van der Waals surface area contributed by atoms with Gasteiger partial charge in [-0.25, -0.2) is 4.68 Å². The number of anilines is 1.